The van der Waals surface area contributed by atoms with Gasteiger partial charge < -0.3 is 0 Å². The van der Waals surface area contributed by atoms with Crippen LogP contribution in [0, 0.1) is 0 Å². The Labute approximate surface area is 131 Å². The molecule has 0 spiro atoms. The average molecular weight is 298 g/mol. The maximum atomic E-state index is 5.79. The molecule has 0 saturated carbocycles. The van der Waals surface area contributed by atoms with Gasteiger partial charge in [-0.15, -0.1) is 11.8 Å². The second kappa shape index (κ2) is 6.65. The van der Waals surface area contributed by atoms with Gasteiger partial charge in [-0.3, -0.25) is 11.3 Å². The molecule has 2 aromatic carbocycles. The quantitative estimate of drug-likeness (QED) is 0.480. The van der Waals surface area contributed by atoms with E-state index in [0.29, 0.717) is 5.92 Å². The normalized spacial score (nSPS) is 17.9. The first-order chi connectivity index (χ1) is 10.3. The minimum absolute atomic E-state index is 0.226. The molecule has 2 atom stereocenters. The van der Waals surface area contributed by atoms with E-state index in [1.807, 2.05) is 11.8 Å². The summed E-state index contributed by atoms with van der Waals surface area (Å²) < 4.78 is 0. The van der Waals surface area contributed by atoms with Crippen LogP contribution in [0.5, 0.6) is 0 Å². The van der Waals surface area contributed by atoms with Crippen molar-refractivity contribution in [3.05, 3.63) is 65.2 Å². The smallest absolute Gasteiger partial charge is 0.0465 e. The van der Waals surface area contributed by atoms with Crippen LogP contribution >= 0.6 is 11.8 Å². The lowest BCUT2D eigenvalue weighted by Crippen LogP contribution is -2.31. The summed E-state index contributed by atoms with van der Waals surface area (Å²) in [6.45, 7) is 2.18. The van der Waals surface area contributed by atoms with Crippen LogP contribution < -0.4 is 11.3 Å². The summed E-state index contributed by atoms with van der Waals surface area (Å²) >= 11 is 1.87. The van der Waals surface area contributed by atoms with Crippen LogP contribution in [0.25, 0.3) is 0 Å². The highest BCUT2D eigenvalue weighted by molar-refractivity contribution is 7.99. The van der Waals surface area contributed by atoms with E-state index in [4.69, 9.17) is 5.84 Å². The van der Waals surface area contributed by atoms with E-state index in [1.54, 1.807) is 0 Å². The van der Waals surface area contributed by atoms with Crippen molar-refractivity contribution in [1.29, 1.82) is 0 Å². The van der Waals surface area contributed by atoms with Crippen molar-refractivity contribution < 1.29 is 0 Å². The summed E-state index contributed by atoms with van der Waals surface area (Å²) in [5.41, 5.74) is 7.26. The van der Waals surface area contributed by atoms with E-state index in [2.05, 4.69) is 60.9 Å². The third-order valence-corrected chi connectivity index (χ3v) is 5.17. The van der Waals surface area contributed by atoms with Gasteiger partial charge in [-0.1, -0.05) is 43.3 Å². The topological polar surface area (TPSA) is 38.0 Å². The molecule has 0 radical (unpaired) electrons. The maximum absolute atomic E-state index is 5.79. The number of nitrogens with two attached hydrogens (primary N) is 1. The Morgan fingerprint density at radius 2 is 1.95 bits per heavy atom. The van der Waals surface area contributed by atoms with Gasteiger partial charge in [0.05, 0.1) is 0 Å². The van der Waals surface area contributed by atoms with Crippen LogP contribution in [-0.4, -0.2) is 5.75 Å². The summed E-state index contributed by atoms with van der Waals surface area (Å²) in [6, 6.07) is 17.8. The second-order valence-electron chi connectivity index (χ2n) is 5.56. The fourth-order valence-corrected chi connectivity index (χ4v) is 3.78. The molecule has 2 unspecified atom stereocenters. The van der Waals surface area contributed by atoms with Crippen molar-refractivity contribution in [2.45, 2.75) is 36.6 Å². The molecule has 3 heteroatoms. The molecule has 1 aliphatic rings. The van der Waals surface area contributed by atoms with Crippen molar-refractivity contribution in [2.24, 2.45) is 5.84 Å². The number of hydrogen-bond donors (Lipinski definition) is 2. The summed E-state index contributed by atoms with van der Waals surface area (Å²) in [5.74, 6) is 7.53. The van der Waals surface area contributed by atoms with E-state index >= 15 is 0 Å². The molecule has 3 rings (SSSR count). The van der Waals surface area contributed by atoms with Crippen LogP contribution in [0.15, 0.2) is 53.4 Å². The predicted molar refractivity (Wildman–Crippen MR) is 90.4 cm³/mol. The zero-order valence-electron chi connectivity index (χ0n) is 12.4. The van der Waals surface area contributed by atoms with E-state index in [0.717, 1.165) is 12.2 Å². The van der Waals surface area contributed by atoms with Gasteiger partial charge in [-0.25, -0.2) is 0 Å². The van der Waals surface area contributed by atoms with Crippen molar-refractivity contribution in [3.63, 3.8) is 0 Å². The molecule has 2 nitrogen and oxygen atoms in total. The first-order valence-corrected chi connectivity index (χ1v) is 8.57. The van der Waals surface area contributed by atoms with Crippen molar-refractivity contribution in [2.75, 3.05) is 5.75 Å². The Balaban J connectivity index is 1.68. The van der Waals surface area contributed by atoms with E-state index < -0.39 is 0 Å². The average Bonchev–Trinajstić information content (AvgIpc) is 2.50. The molecule has 1 aliphatic carbocycles. The Morgan fingerprint density at radius 1 is 1.19 bits per heavy atom. The molecular formula is C18H22N2S. The first-order valence-electron chi connectivity index (χ1n) is 7.58. The van der Waals surface area contributed by atoms with E-state index in [9.17, 15) is 0 Å². The molecule has 0 aliphatic heterocycles. The van der Waals surface area contributed by atoms with Gasteiger partial charge >= 0.3 is 0 Å². The minimum atomic E-state index is 0.226. The predicted octanol–water partition coefficient (Wildman–Crippen LogP) is 4.03. The van der Waals surface area contributed by atoms with Gasteiger partial charge in [0.1, 0.15) is 0 Å². The molecule has 0 amide bonds. The molecule has 3 N–H and O–H groups in total. The molecule has 21 heavy (non-hydrogen) atoms. The number of fused-ring (bicyclic) bond motifs is 1. The molecular weight excluding hydrogens is 276 g/mol. The largest absolute Gasteiger partial charge is 0.271 e. The van der Waals surface area contributed by atoms with Crippen molar-refractivity contribution in [1.82, 2.24) is 5.43 Å². The lowest BCUT2D eigenvalue weighted by Gasteiger charge is -2.33. The molecule has 0 fully saturated rings. The molecule has 0 heterocycles. The van der Waals surface area contributed by atoms with Gasteiger partial charge in [0.25, 0.3) is 0 Å². The highest BCUT2D eigenvalue weighted by atomic mass is 32.2. The van der Waals surface area contributed by atoms with E-state index in [1.165, 1.54) is 28.0 Å². The standard InChI is InChI=1S/C18H22N2S/c1-2-21-16-9-7-13(8-10-16)18(20-19)12-15-11-14-5-3-4-6-17(14)15/h3-10,15,18,20H,2,11-12,19H2,1H3. The lowest BCUT2D eigenvalue weighted by molar-refractivity contribution is 0.435. The minimum Gasteiger partial charge on any atom is -0.271 e. The Bertz CT molecular complexity index is 594. The van der Waals surface area contributed by atoms with Gasteiger partial charge in [0, 0.05) is 10.9 Å². The highest BCUT2D eigenvalue weighted by Crippen LogP contribution is 2.40. The van der Waals surface area contributed by atoms with Gasteiger partial charge in [-0.05, 0) is 53.3 Å². The van der Waals surface area contributed by atoms with Crippen molar-refractivity contribution >= 4 is 11.8 Å². The SMILES string of the molecule is CCSc1ccc(C(CC2Cc3ccccc32)NN)cc1. The summed E-state index contributed by atoms with van der Waals surface area (Å²) in [6.07, 6.45) is 2.24. The van der Waals surface area contributed by atoms with Crippen LogP contribution in [-0.2, 0) is 6.42 Å². The van der Waals surface area contributed by atoms with Gasteiger partial charge in [0.2, 0.25) is 0 Å². The summed E-state index contributed by atoms with van der Waals surface area (Å²) in [7, 11) is 0. The van der Waals surface area contributed by atoms with Crippen LogP contribution in [0.4, 0.5) is 0 Å². The monoisotopic (exact) mass is 298 g/mol. The number of rotatable bonds is 6. The molecule has 0 aromatic heterocycles. The second-order valence-corrected chi connectivity index (χ2v) is 6.89. The molecule has 0 bridgehead atoms. The Kier molecular flexibility index (Phi) is 4.63. The zero-order valence-corrected chi connectivity index (χ0v) is 13.2. The number of benzene rings is 2. The third kappa shape index (κ3) is 3.15. The van der Waals surface area contributed by atoms with Crippen LogP contribution in [0.2, 0.25) is 0 Å². The van der Waals surface area contributed by atoms with Crippen LogP contribution in [0.3, 0.4) is 0 Å². The van der Waals surface area contributed by atoms with Crippen LogP contribution in [0.1, 0.15) is 42.0 Å². The molecule has 2 aromatic rings. The van der Waals surface area contributed by atoms with Gasteiger partial charge in [0.15, 0.2) is 0 Å². The third-order valence-electron chi connectivity index (χ3n) is 4.28. The zero-order chi connectivity index (χ0) is 14.7. The number of thioether (sulfide) groups is 1. The van der Waals surface area contributed by atoms with E-state index in [-0.39, 0.29) is 6.04 Å². The van der Waals surface area contributed by atoms with Crippen molar-refractivity contribution in [3.8, 4) is 0 Å². The lowest BCUT2D eigenvalue weighted by atomic mass is 9.74. The maximum Gasteiger partial charge on any atom is 0.0465 e. The Hall–Kier alpha value is -1.29. The Morgan fingerprint density at radius 3 is 2.62 bits per heavy atom. The van der Waals surface area contributed by atoms with Gasteiger partial charge in [-0.2, -0.15) is 0 Å². The molecule has 0 saturated heterocycles. The number of hydrogen-bond acceptors (Lipinski definition) is 3. The summed E-state index contributed by atoms with van der Waals surface area (Å²) in [4.78, 5) is 1.33. The molecule has 110 valence electrons. The summed E-state index contributed by atoms with van der Waals surface area (Å²) in [5, 5.41) is 0. The number of nitrogens with one attached hydrogen (secondary N) is 1. The highest BCUT2D eigenvalue weighted by Gasteiger charge is 2.28. The first kappa shape index (κ1) is 14.6. The fraction of sp³-hybridized carbons (Fsp3) is 0.333. The number of hydrazine groups is 1. The fourth-order valence-electron chi connectivity index (χ4n) is 3.12.